The number of carboxylic acids is 1. The van der Waals surface area contributed by atoms with Crippen molar-refractivity contribution < 1.29 is 14.7 Å². The lowest BCUT2D eigenvalue weighted by Gasteiger charge is -2.25. The summed E-state index contributed by atoms with van der Waals surface area (Å²) in [5.41, 5.74) is 0.995. The third-order valence-corrected chi connectivity index (χ3v) is 4.02. The molecule has 21 heavy (non-hydrogen) atoms. The fourth-order valence-electron chi connectivity index (χ4n) is 2.43. The van der Waals surface area contributed by atoms with Crippen LogP contribution in [0.5, 0.6) is 0 Å². The van der Waals surface area contributed by atoms with Crippen LogP contribution in [0.4, 0.5) is 0 Å². The summed E-state index contributed by atoms with van der Waals surface area (Å²) in [6, 6.07) is 7.73. The highest BCUT2D eigenvalue weighted by Crippen LogP contribution is 2.22. The van der Waals surface area contributed by atoms with Gasteiger partial charge in [-0.25, -0.2) is 0 Å². The van der Waals surface area contributed by atoms with Crippen LogP contribution in [0, 0.1) is 5.92 Å². The number of amides is 1. The van der Waals surface area contributed by atoms with Crippen LogP contribution in [0.2, 0.25) is 0 Å². The average Bonchev–Trinajstić information content (AvgIpc) is 2.96. The highest BCUT2D eigenvalue weighted by atomic mass is 79.9. The molecule has 0 unspecified atom stereocenters. The maximum Gasteiger partial charge on any atom is 0.305 e. The Morgan fingerprint density at radius 1 is 1.29 bits per heavy atom. The molecule has 5 heteroatoms. The van der Waals surface area contributed by atoms with E-state index in [0.717, 1.165) is 22.9 Å². The van der Waals surface area contributed by atoms with E-state index in [1.54, 1.807) is 4.90 Å². The van der Waals surface area contributed by atoms with Crippen LogP contribution in [-0.2, 0) is 16.1 Å². The molecular weight excluding hydrogens is 334 g/mol. The second kappa shape index (κ2) is 7.41. The van der Waals surface area contributed by atoms with Gasteiger partial charge < -0.3 is 10.0 Å². The first kappa shape index (κ1) is 15.8. The van der Waals surface area contributed by atoms with Crippen LogP contribution in [-0.4, -0.2) is 28.4 Å². The first-order valence-electron chi connectivity index (χ1n) is 6.96. The number of benzene rings is 1. The van der Waals surface area contributed by atoms with Gasteiger partial charge in [0.25, 0.3) is 0 Å². The van der Waals surface area contributed by atoms with Crippen LogP contribution in [0.3, 0.4) is 0 Å². The Balaban J connectivity index is 2.07. The fourth-order valence-corrected chi connectivity index (χ4v) is 2.88. The number of carbonyl (C=O) groups is 2. The minimum atomic E-state index is -0.883. The summed E-state index contributed by atoms with van der Waals surface area (Å²) in [6.07, 6.45) is 5.50. The zero-order valence-electron chi connectivity index (χ0n) is 11.7. The predicted octanol–water partition coefficient (Wildman–Crippen LogP) is 3.22. The standard InChI is InChI=1S/C16H18BrNO3/c17-14-7-3-4-12(10-14)11-18(9-8-15(19)20)16(21)13-5-1-2-6-13/h1-4,7,10,13H,5-6,8-9,11H2,(H,19,20). The molecule has 4 nitrogen and oxygen atoms in total. The van der Waals surface area contributed by atoms with Crippen molar-refractivity contribution in [3.63, 3.8) is 0 Å². The average molecular weight is 352 g/mol. The van der Waals surface area contributed by atoms with Crippen LogP contribution in [0.25, 0.3) is 0 Å². The van der Waals surface area contributed by atoms with Crippen LogP contribution in [0.1, 0.15) is 24.8 Å². The predicted molar refractivity (Wildman–Crippen MR) is 83.7 cm³/mol. The largest absolute Gasteiger partial charge is 0.481 e. The molecule has 0 saturated carbocycles. The minimum absolute atomic E-state index is 0.0279. The Kier molecular flexibility index (Phi) is 5.56. The first-order valence-corrected chi connectivity index (χ1v) is 7.75. The number of allylic oxidation sites excluding steroid dienone is 2. The van der Waals surface area contributed by atoms with Crippen LogP contribution < -0.4 is 0 Å². The zero-order valence-corrected chi connectivity index (χ0v) is 13.3. The lowest BCUT2D eigenvalue weighted by molar-refractivity contribution is -0.140. The molecule has 1 aliphatic carbocycles. The molecule has 1 aromatic rings. The van der Waals surface area contributed by atoms with Gasteiger partial charge in [-0.3, -0.25) is 9.59 Å². The summed E-state index contributed by atoms with van der Waals surface area (Å²) < 4.78 is 0.952. The van der Waals surface area contributed by atoms with Crippen LogP contribution >= 0.6 is 15.9 Å². The van der Waals surface area contributed by atoms with Gasteiger partial charge >= 0.3 is 5.97 Å². The SMILES string of the molecule is O=C(O)CCN(Cc1cccc(Br)c1)C(=O)C1CC=CC1. The third kappa shape index (κ3) is 4.70. The molecule has 1 aliphatic rings. The molecule has 112 valence electrons. The van der Waals surface area contributed by atoms with E-state index in [-0.39, 0.29) is 24.8 Å². The Morgan fingerprint density at radius 2 is 2.00 bits per heavy atom. The number of carboxylic acid groups (broad SMARTS) is 1. The van der Waals surface area contributed by atoms with Crippen molar-refractivity contribution in [1.82, 2.24) is 4.90 Å². The van der Waals surface area contributed by atoms with Crippen molar-refractivity contribution in [2.24, 2.45) is 5.92 Å². The maximum atomic E-state index is 12.5. The molecule has 0 aliphatic heterocycles. The molecule has 1 amide bonds. The van der Waals surface area contributed by atoms with E-state index >= 15 is 0 Å². The van der Waals surface area contributed by atoms with Gasteiger partial charge in [0.15, 0.2) is 0 Å². The molecule has 0 bridgehead atoms. The van der Waals surface area contributed by atoms with Gasteiger partial charge in [-0.1, -0.05) is 40.2 Å². The Bertz CT molecular complexity index is 548. The van der Waals surface area contributed by atoms with Gasteiger partial charge in [0.1, 0.15) is 0 Å². The fraction of sp³-hybridized carbons (Fsp3) is 0.375. The molecule has 0 fully saturated rings. The lowest BCUT2D eigenvalue weighted by Crippen LogP contribution is -2.36. The third-order valence-electron chi connectivity index (χ3n) is 3.53. The van der Waals surface area contributed by atoms with Crippen molar-refractivity contribution >= 4 is 27.8 Å². The van der Waals surface area contributed by atoms with E-state index in [1.807, 2.05) is 36.4 Å². The number of hydrogen-bond acceptors (Lipinski definition) is 2. The molecule has 0 heterocycles. The van der Waals surface area contributed by atoms with Gasteiger partial charge in [-0.15, -0.1) is 0 Å². The monoisotopic (exact) mass is 351 g/mol. The molecule has 1 N–H and O–H groups in total. The molecule has 0 radical (unpaired) electrons. The van der Waals surface area contributed by atoms with E-state index in [2.05, 4.69) is 15.9 Å². The summed E-state index contributed by atoms with van der Waals surface area (Å²) in [5.74, 6) is -0.876. The first-order chi connectivity index (χ1) is 10.1. The van der Waals surface area contributed by atoms with Crippen LogP contribution in [0.15, 0.2) is 40.9 Å². The van der Waals surface area contributed by atoms with Crippen molar-refractivity contribution in [2.75, 3.05) is 6.54 Å². The quantitative estimate of drug-likeness (QED) is 0.800. The minimum Gasteiger partial charge on any atom is -0.481 e. The van der Waals surface area contributed by atoms with E-state index < -0.39 is 5.97 Å². The number of nitrogens with zero attached hydrogens (tertiary/aromatic N) is 1. The highest BCUT2D eigenvalue weighted by Gasteiger charge is 2.25. The number of carbonyl (C=O) groups excluding carboxylic acids is 1. The van der Waals surface area contributed by atoms with Crippen molar-refractivity contribution in [3.05, 3.63) is 46.5 Å². The van der Waals surface area contributed by atoms with Gasteiger partial charge in [0, 0.05) is 23.5 Å². The highest BCUT2D eigenvalue weighted by molar-refractivity contribution is 9.10. The van der Waals surface area contributed by atoms with Gasteiger partial charge in [-0.2, -0.15) is 0 Å². The van der Waals surface area contributed by atoms with Crippen molar-refractivity contribution in [3.8, 4) is 0 Å². The summed E-state index contributed by atoms with van der Waals surface area (Å²) >= 11 is 3.41. The molecule has 0 saturated heterocycles. The van der Waals surface area contributed by atoms with Crippen molar-refractivity contribution in [2.45, 2.75) is 25.8 Å². The summed E-state index contributed by atoms with van der Waals surface area (Å²) in [4.78, 5) is 25.0. The Labute approximate surface area is 132 Å². The number of rotatable bonds is 6. The number of aliphatic carboxylic acids is 1. The molecule has 2 rings (SSSR count). The van der Waals surface area contributed by atoms with E-state index in [0.29, 0.717) is 6.54 Å². The topological polar surface area (TPSA) is 57.6 Å². The smallest absolute Gasteiger partial charge is 0.305 e. The molecule has 0 aromatic heterocycles. The van der Waals surface area contributed by atoms with E-state index in [1.165, 1.54) is 0 Å². The van der Waals surface area contributed by atoms with Gasteiger partial charge in [0.05, 0.1) is 6.42 Å². The number of halogens is 1. The summed E-state index contributed by atoms with van der Waals surface area (Å²) in [7, 11) is 0. The maximum absolute atomic E-state index is 12.5. The lowest BCUT2D eigenvalue weighted by atomic mass is 10.0. The van der Waals surface area contributed by atoms with Gasteiger partial charge in [0.2, 0.25) is 5.91 Å². The Morgan fingerprint density at radius 3 is 2.62 bits per heavy atom. The van der Waals surface area contributed by atoms with E-state index in [4.69, 9.17) is 5.11 Å². The summed E-state index contributed by atoms with van der Waals surface area (Å²) in [6.45, 7) is 0.694. The number of hydrogen-bond donors (Lipinski definition) is 1. The van der Waals surface area contributed by atoms with Crippen molar-refractivity contribution in [1.29, 1.82) is 0 Å². The summed E-state index contributed by atoms with van der Waals surface area (Å²) in [5, 5.41) is 8.86. The molecule has 0 atom stereocenters. The van der Waals surface area contributed by atoms with E-state index in [9.17, 15) is 9.59 Å². The zero-order chi connectivity index (χ0) is 15.2. The molecule has 0 spiro atoms. The van der Waals surface area contributed by atoms with Gasteiger partial charge in [-0.05, 0) is 30.5 Å². The molecule has 1 aromatic carbocycles. The normalized spacial score (nSPS) is 14.3. The Hall–Kier alpha value is -1.62. The second-order valence-electron chi connectivity index (χ2n) is 5.17. The molecular formula is C16H18BrNO3. The second-order valence-corrected chi connectivity index (χ2v) is 6.09.